The molecule has 0 atom stereocenters. The highest BCUT2D eigenvalue weighted by Gasteiger charge is 2.10. The number of hydrogen-bond acceptors (Lipinski definition) is 4. The lowest BCUT2D eigenvalue weighted by Gasteiger charge is -2.11. The number of ether oxygens (including phenoxy) is 1. The highest BCUT2D eigenvalue weighted by Crippen LogP contribution is 2.26. The molecule has 1 amide bonds. The molecule has 2 N–H and O–H groups in total. The van der Waals surface area contributed by atoms with Crippen molar-refractivity contribution >= 4 is 17.3 Å². The van der Waals surface area contributed by atoms with Gasteiger partial charge in [0.05, 0.1) is 12.8 Å². The molecule has 0 spiro atoms. The number of benzene rings is 2. The standard InChI is InChI=1S/C20H18FN3O2/c1-26-19-9-5-4-8-17(19)24-15-10-11-22-18(12-15)20(25)23-13-14-6-2-3-7-16(14)21/h2-12H,13H2,1H3,(H,22,24)(H,23,25). The van der Waals surface area contributed by atoms with Crippen molar-refractivity contribution in [2.24, 2.45) is 0 Å². The monoisotopic (exact) mass is 351 g/mol. The number of hydrogen-bond donors (Lipinski definition) is 2. The van der Waals surface area contributed by atoms with Gasteiger partial charge in [-0.05, 0) is 30.3 Å². The molecule has 0 bridgehead atoms. The minimum atomic E-state index is -0.378. The van der Waals surface area contributed by atoms with Crippen LogP contribution < -0.4 is 15.4 Å². The fourth-order valence-electron chi connectivity index (χ4n) is 2.44. The van der Waals surface area contributed by atoms with Crippen LogP contribution in [0.2, 0.25) is 0 Å². The summed E-state index contributed by atoms with van der Waals surface area (Å²) in [5.41, 5.74) is 2.13. The summed E-state index contributed by atoms with van der Waals surface area (Å²) in [6, 6.07) is 17.2. The third-order valence-corrected chi connectivity index (χ3v) is 3.78. The second-order valence-corrected chi connectivity index (χ2v) is 5.53. The van der Waals surface area contributed by atoms with Crippen molar-refractivity contribution in [1.82, 2.24) is 10.3 Å². The molecule has 3 rings (SSSR count). The van der Waals surface area contributed by atoms with Gasteiger partial charge < -0.3 is 15.4 Å². The molecule has 0 radical (unpaired) electrons. The van der Waals surface area contributed by atoms with Crippen molar-refractivity contribution in [3.8, 4) is 5.75 Å². The van der Waals surface area contributed by atoms with Crippen LogP contribution >= 0.6 is 0 Å². The molecule has 3 aromatic rings. The van der Waals surface area contributed by atoms with Crippen LogP contribution in [0.25, 0.3) is 0 Å². The van der Waals surface area contributed by atoms with Crippen LogP contribution in [-0.2, 0) is 6.54 Å². The van der Waals surface area contributed by atoms with Gasteiger partial charge in [0.15, 0.2) is 0 Å². The number of carbonyl (C=O) groups excluding carboxylic acids is 1. The largest absolute Gasteiger partial charge is 0.495 e. The van der Waals surface area contributed by atoms with Gasteiger partial charge in [0.1, 0.15) is 17.3 Å². The van der Waals surface area contributed by atoms with Crippen LogP contribution in [0.3, 0.4) is 0 Å². The number of nitrogens with one attached hydrogen (secondary N) is 2. The number of pyridine rings is 1. The van der Waals surface area contributed by atoms with Crippen LogP contribution in [0.1, 0.15) is 16.1 Å². The third kappa shape index (κ3) is 4.16. The Kier molecular flexibility index (Phi) is 5.43. The summed E-state index contributed by atoms with van der Waals surface area (Å²) in [6.45, 7) is 0.0946. The molecular weight excluding hydrogens is 333 g/mol. The van der Waals surface area contributed by atoms with E-state index in [2.05, 4.69) is 15.6 Å². The number of carbonyl (C=O) groups is 1. The Morgan fingerprint density at radius 3 is 2.69 bits per heavy atom. The van der Waals surface area contributed by atoms with E-state index in [0.717, 1.165) is 5.69 Å². The Morgan fingerprint density at radius 1 is 1.12 bits per heavy atom. The molecule has 1 aromatic heterocycles. The summed E-state index contributed by atoms with van der Waals surface area (Å²) in [4.78, 5) is 16.4. The number of methoxy groups -OCH3 is 1. The topological polar surface area (TPSA) is 63.2 Å². The fourth-order valence-corrected chi connectivity index (χ4v) is 2.44. The predicted octanol–water partition coefficient (Wildman–Crippen LogP) is 3.90. The van der Waals surface area contributed by atoms with Gasteiger partial charge in [0, 0.05) is 24.0 Å². The second kappa shape index (κ2) is 8.11. The number of rotatable bonds is 6. The van der Waals surface area contributed by atoms with Crippen molar-refractivity contribution in [1.29, 1.82) is 0 Å². The summed E-state index contributed by atoms with van der Waals surface area (Å²) >= 11 is 0. The molecule has 0 unspecified atom stereocenters. The normalized spacial score (nSPS) is 10.2. The van der Waals surface area contributed by atoms with Gasteiger partial charge >= 0.3 is 0 Å². The smallest absolute Gasteiger partial charge is 0.270 e. The van der Waals surface area contributed by atoms with Gasteiger partial charge in [-0.2, -0.15) is 0 Å². The molecule has 1 heterocycles. The Labute approximate surface area is 150 Å². The number of amides is 1. The lowest BCUT2D eigenvalue weighted by Crippen LogP contribution is -2.24. The van der Waals surface area contributed by atoms with Crippen molar-refractivity contribution in [2.75, 3.05) is 12.4 Å². The zero-order valence-electron chi connectivity index (χ0n) is 14.2. The zero-order chi connectivity index (χ0) is 18.4. The third-order valence-electron chi connectivity index (χ3n) is 3.78. The van der Waals surface area contributed by atoms with Gasteiger partial charge in [-0.25, -0.2) is 4.39 Å². The quantitative estimate of drug-likeness (QED) is 0.707. The van der Waals surface area contributed by atoms with E-state index in [4.69, 9.17) is 4.74 Å². The van der Waals surface area contributed by atoms with Crippen LogP contribution in [0, 0.1) is 5.82 Å². The average molecular weight is 351 g/mol. The van der Waals surface area contributed by atoms with E-state index in [-0.39, 0.29) is 24.0 Å². The van der Waals surface area contributed by atoms with Gasteiger partial charge in [0.2, 0.25) is 0 Å². The molecule has 2 aromatic carbocycles. The lowest BCUT2D eigenvalue weighted by molar-refractivity contribution is 0.0945. The summed E-state index contributed by atoms with van der Waals surface area (Å²) < 4.78 is 18.9. The SMILES string of the molecule is COc1ccccc1Nc1ccnc(C(=O)NCc2ccccc2F)c1. The molecule has 132 valence electrons. The first-order chi connectivity index (χ1) is 12.7. The Balaban J connectivity index is 1.70. The molecule has 0 saturated carbocycles. The highest BCUT2D eigenvalue weighted by molar-refractivity contribution is 5.93. The molecule has 26 heavy (non-hydrogen) atoms. The summed E-state index contributed by atoms with van der Waals surface area (Å²) in [5.74, 6) is -0.0425. The fraction of sp³-hybridized carbons (Fsp3) is 0.100. The summed E-state index contributed by atoms with van der Waals surface area (Å²) in [5, 5.41) is 5.87. The lowest BCUT2D eigenvalue weighted by atomic mass is 10.2. The van der Waals surface area contributed by atoms with Gasteiger partial charge in [-0.3, -0.25) is 9.78 Å². The average Bonchev–Trinajstić information content (AvgIpc) is 2.68. The van der Waals surface area contributed by atoms with Gasteiger partial charge in [0.25, 0.3) is 5.91 Å². The number of anilines is 2. The van der Waals surface area contributed by atoms with E-state index >= 15 is 0 Å². The van der Waals surface area contributed by atoms with E-state index in [1.165, 1.54) is 12.3 Å². The minimum Gasteiger partial charge on any atom is -0.495 e. The van der Waals surface area contributed by atoms with E-state index in [9.17, 15) is 9.18 Å². The molecule has 0 aliphatic rings. The molecule has 0 aliphatic carbocycles. The van der Waals surface area contributed by atoms with E-state index < -0.39 is 0 Å². The maximum absolute atomic E-state index is 13.6. The maximum Gasteiger partial charge on any atom is 0.270 e. The number of nitrogens with zero attached hydrogens (tertiary/aromatic N) is 1. The first-order valence-corrected chi connectivity index (χ1v) is 8.05. The minimum absolute atomic E-state index is 0.0946. The molecular formula is C20H18FN3O2. The predicted molar refractivity (Wildman–Crippen MR) is 98.1 cm³/mol. The molecule has 5 nitrogen and oxygen atoms in total. The number of halogens is 1. The maximum atomic E-state index is 13.6. The number of para-hydroxylation sites is 2. The van der Waals surface area contributed by atoms with E-state index in [0.29, 0.717) is 17.0 Å². The van der Waals surface area contributed by atoms with Crippen molar-refractivity contribution in [2.45, 2.75) is 6.54 Å². The van der Waals surface area contributed by atoms with Gasteiger partial charge in [-0.1, -0.05) is 30.3 Å². The van der Waals surface area contributed by atoms with Crippen LogP contribution in [0.4, 0.5) is 15.8 Å². The molecule has 0 aliphatic heterocycles. The Bertz CT molecular complexity index is 915. The summed E-state index contributed by atoms with van der Waals surface area (Å²) in [7, 11) is 1.59. The first kappa shape index (κ1) is 17.4. The van der Waals surface area contributed by atoms with E-state index in [1.807, 2.05) is 24.3 Å². The molecule has 0 saturated heterocycles. The molecule has 0 fully saturated rings. The van der Waals surface area contributed by atoms with Crippen LogP contribution in [-0.4, -0.2) is 18.0 Å². The Morgan fingerprint density at radius 2 is 1.88 bits per heavy atom. The van der Waals surface area contributed by atoms with Crippen LogP contribution in [0.15, 0.2) is 66.9 Å². The molecule has 6 heteroatoms. The highest BCUT2D eigenvalue weighted by atomic mass is 19.1. The van der Waals surface area contributed by atoms with Gasteiger partial charge in [-0.15, -0.1) is 0 Å². The zero-order valence-corrected chi connectivity index (χ0v) is 14.2. The van der Waals surface area contributed by atoms with E-state index in [1.54, 1.807) is 37.4 Å². The second-order valence-electron chi connectivity index (χ2n) is 5.53. The van der Waals surface area contributed by atoms with Crippen molar-refractivity contribution < 1.29 is 13.9 Å². The Hall–Kier alpha value is -3.41. The van der Waals surface area contributed by atoms with Crippen molar-refractivity contribution in [3.63, 3.8) is 0 Å². The van der Waals surface area contributed by atoms with Crippen molar-refractivity contribution in [3.05, 3.63) is 83.9 Å². The first-order valence-electron chi connectivity index (χ1n) is 8.05. The number of aromatic nitrogens is 1. The van der Waals surface area contributed by atoms with Crippen LogP contribution in [0.5, 0.6) is 5.75 Å². The summed E-state index contributed by atoms with van der Waals surface area (Å²) in [6.07, 6.45) is 1.54.